The highest BCUT2D eigenvalue weighted by Crippen LogP contribution is 2.26. The fraction of sp³-hybridized carbons (Fsp3) is 0.158. The number of nitrogens with two attached hydrogens (primary N) is 1. The molecule has 140 valence electrons. The Morgan fingerprint density at radius 1 is 1.25 bits per heavy atom. The highest BCUT2D eigenvalue weighted by Gasteiger charge is 2.21. The van der Waals surface area contributed by atoms with Gasteiger partial charge in [0.15, 0.2) is 0 Å². The Balaban J connectivity index is 1.59. The molecule has 1 aromatic carbocycles. The van der Waals surface area contributed by atoms with E-state index in [9.17, 15) is 4.79 Å². The number of anilines is 1. The van der Waals surface area contributed by atoms with Crippen molar-refractivity contribution < 1.29 is 4.79 Å². The van der Waals surface area contributed by atoms with E-state index in [-0.39, 0.29) is 0 Å². The van der Waals surface area contributed by atoms with E-state index >= 15 is 0 Å². The van der Waals surface area contributed by atoms with Gasteiger partial charge < -0.3 is 16.4 Å². The normalized spacial score (nSPS) is 13.0. The number of aromatic nitrogens is 4. The molecule has 1 aliphatic rings. The molecule has 28 heavy (non-hydrogen) atoms. The maximum absolute atomic E-state index is 11.7. The minimum absolute atomic E-state index is 0.433. The number of nitrogens with one attached hydrogen (secondary N) is 2. The molecule has 8 nitrogen and oxygen atoms in total. The van der Waals surface area contributed by atoms with Crippen LogP contribution in [0.15, 0.2) is 41.9 Å². The van der Waals surface area contributed by atoms with Gasteiger partial charge in [0.2, 0.25) is 5.91 Å². The Kier molecular flexibility index (Phi) is 4.03. The fourth-order valence-electron chi connectivity index (χ4n) is 3.41. The van der Waals surface area contributed by atoms with E-state index in [1.54, 1.807) is 34.3 Å². The Bertz CT molecular complexity index is 1180. The smallest absolute Gasteiger partial charge is 0.253 e. The molecule has 5 rings (SSSR count). The van der Waals surface area contributed by atoms with Crippen molar-refractivity contribution in [3.63, 3.8) is 0 Å². The van der Waals surface area contributed by atoms with E-state index < -0.39 is 5.91 Å². The summed E-state index contributed by atoms with van der Waals surface area (Å²) in [4.78, 5) is 22.4. The second-order valence-electron chi connectivity index (χ2n) is 6.49. The number of nitrogens with zero attached hydrogens (tertiary/aromatic N) is 4. The topological polar surface area (TPSA) is 111 Å². The number of fused-ring (bicyclic) bond motifs is 2. The van der Waals surface area contributed by atoms with Crippen LogP contribution in [-0.4, -0.2) is 25.7 Å². The predicted octanol–water partition coefficient (Wildman–Crippen LogP) is 2.19. The van der Waals surface area contributed by atoms with Gasteiger partial charge in [-0.15, -0.1) is 11.3 Å². The largest absolute Gasteiger partial charge is 0.366 e. The molecule has 0 aliphatic carbocycles. The first-order chi connectivity index (χ1) is 13.7. The molecule has 0 saturated heterocycles. The lowest BCUT2D eigenvalue weighted by molar-refractivity contribution is 0.100. The number of carbonyl (C=O) groups excluding carboxylic acids is 1. The molecule has 0 atom stereocenters. The zero-order chi connectivity index (χ0) is 19.1. The quantitative estimate of drug-likeness (QED) is 0.481. The van der Waals surface area contributed by atoms with E-state index in [1.165, 1.54) is 4.88 Å². The summed E-state index contributed by atoms with van der Waals surface area (Å²) in [5.41, 5.74) is 8.69. The van der Waals surface area contributed by atoms with Crippen LogP contribution in [0.4, 0.5) is 5.82 Å². The zero-order valence-corrected chi connectivity index (χ0v) is 15.7. The number of thiophene rings is 1. The Morgan fingerprint density at radius 2 is 2.18 bits per heavy atom. The molecule has 4 N–H and O–H groups in total. The third-order valence-electron chi connectivity index (χ3n) is 4.75. The molecule has 0 saturated carbocycles. The monoisotopic (exact) mass is 391 g/mol. The van der Waals surface area contributed by atoms with Crippen molar-refractivity contribution >= 4 is 34.0 Å². The minimum atomic E-state index is -0.484. The lowest BCUT2D eigenvalue weighted by Gasteiger charge is -2.11. The van der Waals surface area contributed by atoms with Gasteiger partial charge in [-0.25, -0.2) is 4.98 Å². The van der Waals surface area contributed by atoms with Crippen molar-refractivity contribution in [2.45, 2.75) is 19.6 Å². The van der Waals surface area contributed by atoms with E-state index in [4.69, 9.17) is 15.7 Å². The third kappa shape index (κ3) is 2.81. The van der Waals surface area contributed by atoms with Crippen molar-refractivity contribution in [3.8, 4) is 5.95 Å². The first-order valence-electron chi connectivity index (χ1n) is 8.84. The number of benzene rings is 1. The summed E-state index contributed by atoms with van der Waals surface area (Å²) >= 11 is 1.70. The third-order valence-corrected chi connectivity index (χ3v) is 5.63. The van der Waals surface area contributed by atoms with E-state index in [0.29, 0.717) is 30.0 Å². The van der Waals surface area contributed by atoms with E-state index in [2.05, 4.69) is 27.2 Å². The Labute approximate surface area is 164 Å². The van der Waals surface area contributed by atoms with Crippen LogP contribution in [-0.2, 0) is 19.6 Å². The number of amides is 1. The summed E-state index contributed by atoms with van der Waals surface area (Å²) < 4.78 is 1.65. The molecule has 0 radical (unpaired) electrons. The molecule has 0 fully saturated rings. The van der Waals surface area contributed by atoms with Crippen molar-refractivity contribution in [3.05, 3.63) is 63.6 Å². The SMILES string of the molecule is NC(=O)c1cccc2c1cnn2-c1nc2c(c(NCc3cccs3)n1)CNC2. The van der Waals surface area contributed by atoms with Crippen molar-refractivity contribution in [2.75, 3.05) is 5.32 Å². The molecule has 3 aromatic heterocycles. The van der Waals surface area contributed by atoms with Crippen LogP contribution >= 0.6 is 11.3 Å². The standard InChI is InChI=1S/C19H17N7OS/c20-17(27)12-4-1-5-16-13(12)9-23-26(16)19-24-15-10-21-8-14(15)18(25-19)22-7-11-3-2-6-28-11/h1-6,9,21H,7-8,10H2,(H2,20,27)(H,22,24,25). The number of hydrogen-bond donors (Lipinski definition) is 3. The van der Waals surface area contributed by atoms with Gasteiger partial charge in [0.05, 0.1) is 29.5 Å². The molecular weight excluding hydrogens is 374 g/mol. The summed E-state index contributed by atoms with van der Waals surface area (Å²) in [6.07, 6.45) is 1.63. The van der Waals surface area contributed by atoms with Gasteiger partial charge in [-0.05, 0) is 23.6 Å². The summed E-state index contributed by atoms with van der Waals surface area (Å²) in [7, 11) is 0. The molecule has 0 spiro atoms. The second-order valence-corrected chi connectivity index (χ2v) is 7.53. The lowest BCUT2D eigenvalue weighted by Crippen LogP contribution is -2.12. The van der Waals surface area contributed by atoms with Crippen molar-refractivity contribution in [1.82, 2.24) is 25.1 Å². The molecule has 4 heterocycles. The number of carbonyl (C=O) groups is 1. The van der Waals surface area contributed by atoms with Crippen LogP contribution in [0.2, 0.25) is 0 Å². The summed E-state index contributed by atoms with van der Waals surface area (Å²) in [6, 6.07) is 9.47. The molecule has 4 aromatic rings. The van der Waals surface area contributed by atoms with E-state index in [1.807, 2.05) is 12.1 Å². The number of hydrogen-bond acceptors (Lipinski definition) is 7. The highest BCUT2D eigenvalue weighted by molar-refractivity contribution is 7.09. The second kappa shape index (κ2) is 6.70. The first-order valence-corrected chi connectivity index (χ1v) is 9.72. The van der Waals surface area contributed by atoms with Gasteiger partial charge in [-0.1, -0.05) is 12.1 Å². The zero-order valence-electron chi connectivity index (χ0n) is 14.8. The van der Waals surface area contributed by atoms with Crippen LogP contribution in [0.5, 0.6) is 0 Å². The highest BCUT2D eigenvalue weighted by atomic mass is 32.1. The summed E-state index contributed by atoms with van der Waals surface area (Å²) in [5.74, 6) is 0.781. The van der Waals surface area contributed by atoms with Gasteiger partial charge >= 0.3 is 0 Å². The average Bonchev–Trinajstić information content (AvgIpc) is 3.45. The molecule has 1 aliphatic heterocycles. The fourth-order valence-corrected chi connectivity index (χ4v) is 4.05. The van der Waals surface area contributed by atoms with Gasteiger partial charge in [-0.3, -0.25) is 4.79 Å². The van der Waals surface area contributed by atoms with Gasteiger partial charge in [0, 0.05) is 28.9 Å². The predicted molar refractivity (Wildman–Crippen MR) is 107 cm³/mol. The van der Waals surface area contributed by atoms with Crippen molar-refractivity contribution in [2.24, 2.45) is 5.73 Å². The van der Waals surface area contributed by atoms with Crippen LogP contribution in [0.1, 0.15) is 26.5 Å². The maximum atomic E-state index is 11.7. The Hall–Kier alpha value is -3.30. The molecule has 0 unspecified atom stereocenters. The van der Waals surface area contributed by atoms with Gasteiger partial charge in [0.25, 0.3) is 5.95 Å². The lowest BCUT2D eigenvalue weighted by atomic mass is 10.1. The molecule has 9 heteroatoms. The van der Waals surface area contributed by atoms with Crippen LogP contribution < -0.4 is 16.4 Å². The number of rotatable bonds is 5. The summed E-state index contributed by atoms with van der Waals surface area (Å²) in [5, 5.41) is 13.9. The van der Waals surface area contributed by atoms with Gasteiger partial charge in [-0.2, -0.15) is 14.8 Å². The summed E-state index contributed by atoms with van der Waals surface area (Å²) in [6.45, 7) is 2.12. The van der Waals surface area contributed by atoms with Gasteiger partial charge in [0.1, 0.15) is 5.82 Å². The molecule has 1 amide bonds. The number of primary amides is 1. The van der Waals surface area contributed by atoms with Crippen LogP contribution in [0, 0.1) is 0 Å². The molecule has 0 bridgehead atoms. The van der Waals surface area contributed by atoms with Crippen LogP contribution in [0.25, 0.3) is 16.9 Å². The van der Waals surface area contributed by atoms with Crippen molar-refractivity contribution in [1.29, 1.82) is 0 Å². The maximum Gasteiger partial charge on any atom is 0.253 e. The molecular formula is C19H17N7OS. The van der Waals surface area contributed by atoms with E-state index in [0.717, 1.165) is 29.1 Å². The average molecular weight is 391 g/mol. The Morgan fingerprint density at radius 3 is 3.00 bits per heavy atom. The minimum Gasteiger partial charge on any atom is -0.366 e. The van der Waals surface area contributed by atoms with Crippen LogP contribution in [0.3, 0.4) is 0 Å². The first kappa shape index (κ1) is 16.8.